The summed E-state index contributed by atoms with van der Waals surface area (Å²) in [5.74, 6) is 2.00. The first kappa shape index (κ1) is 18.9. The summed E-state index contributed by atoms with van der Waals surface area (Å²) in [5.41, 5.74) is 3.23. The molecule has 5 atom stereocenters. The lowest BCUT2D eigenvalue weighted by Gasteiger charge is -2.53. The van der Waals surface area contributed by atoms with Crippen molar-refractivity contribution in [3.05, 3.63) is 29.5 Å². The number of carbonyl (C=O) groups excluding carboxylic acids is 1. The van der Waals surface area contributed by atoms with Gasteiger partial charge < -0.3 is 9.84 Å². The average molecular weight is 398 g/mol. The van der Waals surface area contributed by atoms with Crippen LogP contribution in [0.15, 0.2) is 18.2 Å². The predicted molar refractivity (Wildman–Crippen MR) is 112 cm³/mol. The summed E-state index contributed by atoms with van der Waals surface area (Å²) in [6.07, 6.45) is 4.26. The maximum absolute atomic E-state index is 13.2. The van der Waals surface area contributed by atoms with E-state index >= 15 is 0 Å². The number of nitrogens with zero attached hydrogens (tertiary/aromatic N) is 3. The van der Waals surface area contributed by atoms with Gasteiger partial charge in [-0.2, -0.15) is 0 Å². The third-order valence-corrected chi connectivity index (χ3v) is 7.28. The zero-order valence-corrected chi connectivity index (χ0v) is 17.6. The number of hydrogen-bond donors (Lipinski definition) is 1. The molecule has 6 heteroatoms. The van der Waals surface area contributed by atoms with Crippen LogP contribution in [-0.4, -0.2) is 65.5 Å². The van der Waals surface area contributed by atoms with Crippen LogP contribution in [0.2, 0.25) is 0 Å². The van der Waals surface area contributed by atoms with Gasteiger partial charge in [0.1, 0.15) is 12.5 Å². The molecular formula is C23H31N3O3. The van der Waals surface area contributed by atoms with E-state index in [9.17, 15) is 9.90 Å². The molecule has 29 heavy (non-hydrogen) atoms. The summed E-state index contributed by atoms with van der Waals surface area (Å²) < 4.78 is 7.47. The number of ether oxygens (including phenoxy) is 1. The van der Waals surface area contributed by atoms with Crippen molar-refractivity contribution in [1.29, 1.82) is 0 Å². The molecule has 6 rings (SSSR count). The molecule has 0 radical (unpaired) electrons. The minimum atomic E-state index is -0.307. The van der Waals surface area contributed by atoms with Gasteiger partial charge in [0.2, 0.25) is 0 Å². The normalized spacial score (nSPS) is 30.4. The molecule has 1 aromatic heterocycles. The molecule has 3 aliphatic heterocycles. The van der Waals surface area contributed by atoms with E-state index in [2.05, 4.69) is 11.8 Å². The molecule has 4 aliphatic rings. The number of carbonyl (C=O) groups is 1. The Kier molecular flexibility index (Phi) is 4.59. The first-order chi connectivity index (χ1) is 14.0. The second-order valence-corrected chi connectivity index (χ2v) is 9.37. The lowest BCUT2D eigenvalue weighted by Crippen LogP contribution is -2.56. The Bertz CT molecular complexity index is 950. The van der Waals surface area contributed by atoms with Gasteiger partial charge >= 0.3 is 6.09 Å². The van der Waals surface area contributed by atoms with Crippen LogP contribution >= 0.6 is 0 Å². The number of phenols is 1. The van der Waals surface area contributed by atoms with Crippen molar-refractivity contribution < 1.29 is 14.6 Å². The van der Waals surface area contributed by atoms with Crippen LogP contribution in [0.3, 0.4) is 0 Å². The summed E-state index contributed by atoms with van der Waals surface area (Å²) in [6, 6.07) is 5.87. The van der Waals surface area contributed by atoms with Crippen LogP contribution in [0, 0.1) is 11.8 Å². The van der Waals surface area contributed by atoms with Gasteiger partial charge in [0.25, 0.3) is 0 Å². The number of aromatic hydroxyl groups is 1. The Balaban J connectivity index is 1.69. The average Bonchev–Trinajstić information content (AvgIpc) is 2.97. The number of rotatable bonds is 3. The van der Waals surface area contributed by atoms with E-state index in [4.69, 9.17) is 4.74 Å². The van der Waals surface area contributed by atoms with Crippen LogP contribution in [0.1, 0.15) is 43.4 Å². The third-order valence-electron chi connectivity index (χ3n) is 7.28. The summed E-state index contributed by atoms with van der Waals surface area (Å²) in [5, 5.41) is 11.2. The number of benzene rings is 1. The molecule has 3 fully saturated rings. The second-order valence-electron chi connectivity index (χ2n) is 9.37. The van der Waals surface area contributed by atoms with Crippen molar-refractivity contribution in [2.45, 2.75) is 44.6 Å². The van der Waals surface area contributed by atoms with Crippen molar-refractivity contribution in [3.8, 4) is 5.75 Å². The number of piperidine rings is 2. The van der Waals surface area contributed by atoms with Gasteiger partial charge in [-0.3, -0.25) is 9.80 Å². The topological polar surface area (TPSA) is 57.9 Å². The van der Waals surface area contributed by atoms with Crippen molar-refractivity contribution >= 4 is 17.0 Å². The fourth-order valence-corrected chi connectivity index (χ4v) is 6.28. The minimum Gasteiger partial charge on any atom is -0.508 e. The van der Waals surface area contributed by atoms with E-state index in [1.54, 1.807) is 6.07 Å². The van der Waals surface area contributed by atoms with E-state index < -0.39 is 0 Å². The highest BCUT2D eigenvalue weighted by Crippen LogP contribution is 2.52. The molecule has 1 aliphatic carbocycles. The first-order valence-corrected chi connectivity index (χ1v) is 10.9. The van der Waals surface area contributed by atoms with Gasteiger partial charge in [0, 0.05) is 36.1 Å². The van der Waals surface area contributed by atoms with E-state index in [0.717, 1.165) is 36.0 Å². The molecule has 4 bridgehead atoms. The van der Waals surface area contributed by atoms with Crippen molar-refractivity contribution in [2.24, 2.45) is 11.8 Å². The SMILES string of the molecule is CCC1CC2CC3c4c(c5cc(O)ccc5n4C(=O)OCN(C)C)CCN(C2)C13. The molecule has 5 unspecified atom stereocenters. The molecule has 2 aromatic rings. The molecule has 156 valence electrons. The number of aromatic nitrogens is 1. The Labute approximate surface area is 172 Å². The quantitative estimate of drug-likeness (QED) is 0.802. The molecule has 2 saturated heterocycles. The summed E-state index contributed by atoms with van der Waals surface area (Å²) in [6.45, 7) is 4.78. The van der Waals surface area contributed by atoms with Crippen molar-refractivity contribution in [3.63, 3.8) is 0 Å². The Morgan fingerprint density at radius 1 is 1.31 bits per heavy atom. The molecule has 1 N–H and O–H groups in total. The third kappa shape index (κ3) is 2.96. The van der Waals surface area contributed by atoms with Crippen LogP contribution in [0.25, 0.3) is 10.9 Å². The van der Waals surface area contributed by atoms with E-state index in [-0.39, 0.29) is 18.6 Å². The maximum atomic E-state index is 13.2. The molecular weight excluding hydrogens is 366 g/mol. The highest BCUT2D eigenvalue weighted by atomic mass is 16.6. The molecule has 1 aromatic carbocycles. The highest BCUT2D eigenvalue weighted by Gasteiger charge is 2.49. The zero-order valence-electron chi connectivity index (χ0n) is 17.6. The summed E-state index contributed by atoms with van der Waals surface area (Å²) in [4.78, 5) is 17.8. The smallest absolute Gasteiger partial charge is 0.420 e. The summed E-state index contributed by atoms with van der Waals surface area (Å²) >= 11 is 0. The van der Waals surface area contributed by atoms with Crippen LogP contribution in [-0.2, 0) is 11.2 Å². The number of fused-ring (bicyclic) bond motifs is 4. The first-order valence-electron chi connectivity index (χ1n) is 10.9. The number of hydrogen-bond acceptors (Lipinski definition) is 5. The zero-order chi connectivity index (χ0) is 20.3. The largest absolute Gasteiger partial charge is 0.508 e. The van der Waals surface area contributed by atoms with Crippen LogP contribution < -0.4 is 0 Å². The second kappa shape index (κ2) is 7.03. The monoisotopic (exact) mass is 397 g/mol. The van der Waals surface area contributed by atoms with Gasteiger partial charge in [-0.15, -0.1) is 0 Å². The van der Waals surface area contributed by atoms with Crippen LogP contribution in [0.5, 0.6) is 5.75 Å². The lowest BCUT2D eigenvalue weighted by atomic mass is 9.65. The minimum absolute atomic E-state index is 0.250. The molecule has 0 amide bonds. The van der Waals surface area contributed by atoms with Crippen LogP contribution in [0.4, 0.5) is 4.79 Å². The van der Waals surface area contributed by atoms with Crippen molar-refractivity contribution in [2.75, 3.05) is 33.9 Å². The van der Waals surface area contributed by atoms with Gasteiger partial charge in [0.15, 0.2) is 0 Å². The molecule has 6 nitrogen and oxygen atoms in total. The number of phenolic OH excluding ortho intramolecular Hbond substituents is 1. The highest BCUT2D eigenvalue weighted by molar-refractivity contribution is 5.95. The van der Waals surface area contributed by atoms with Crippen molar-refractivity contribution in [1.82, 2.24) is 14.4 Å². The van der Waals surface area contributed by atoms with Gasteiger partial charge in [-0.05, 0) is 69.0 Å². The standard InChI is InChI=1S/C23H31N3O3/c1-4-15-9-14-10-19-21(15)25(12-14)8-7-17-18-11-16(27)5-6-20(18)26(22(17)19)23(28)29-13-24(2)3/h5-6,11,14-15,19,21,27H,4,7-10,12-13H2,1-3H3. The van der Waals surface area contributed by atoms with E-state index in [1.807, 2.05) is 35.7 Å². The Morgan fingerprint density at radius 3 is 2.90 bits per heavy atom. The van der Waals surface area contributed by atoms with E-state index in [0.29, 0.717) is 23.8 Å². The fraction of sp³-hybridized carbons (Fsp3) is 0.609. The van der Waals surface area contributed by atoms with Gasteiger partial charge in [0.05, 0.1) is 5.52 Å². The van der Waals surface area contributed by atoms with Gasteiger partial charge in [-0.25, -0.2) is 9.36 Å². The Hall–Kier alpha value is -2.05. The van der Waals surface area contributed by atoms with E-state index in [1.165, 1.54) is 24.9 Å². The van der Waals surface area contributed by atoms with Gasteiger partial charge in [-0.1, -0.05) is 13.3 Å². The summed E-state index contributed by atoms with van der Waals surface area (Å²) in [7, 11) is 3.78. The Morgan fingerprint density at radius 2 is 2.14 bits per heavy atom. The lowest BCUT2D eigenvalue weighted by molar-refractivity contribution is -0.0142. The molecule has 4 heterocycles. The molecule has 1 saturated carbocycles. The predicted octanol–water partition coefficient (Wildman–Crippen LogP) is 3.61. The fourth-order valence-electron chi connectivity index (χ4n) is 6.28. The molecule has 0 spiro atoms. The maximum Gasteiger partial charge on any atom is 0.420 e.